The van der Waals surface area contributed by atoms with E-state index < -0.39 is 64.1 Å². The van der Waals surface area contributed by atoms with Crippen molar-refractivity contribution in [2.75, 3.05) is 20.2 Å². The number of likely N-dealkylation sites (tertiary alicyclic amines) is 1. The minimum absolute atomic E-state index is 0.110. The normalized spacial score (nSPS) is 51.1. The van der Waals surface area contributed by atoms with Crippen molar-refractivity contribution in [3.8, 4) is 0 Å². The van der Waals surface area contributed by atoms with E-state index in [2.05, 4.69) is 11.5 Å². The average Bonchev–Trinajstić information content (AvgIpc) is 3.15. The van der Waals surface area contributed by atoms with Crippen LogP contribution < -0.4 is 0 Å². The van der Waals surface area contributed by atoms with E-state index >= 15 is 0 Å². The van der Waals surface area contributed by atoms with E-state index in [9.17, 15) is 30.0 Å². The largest absolute Gasteiger partial charge is 0.455 e. The number of aliphatic hydroxyl groups is 4. The minimum Gasteiger partial charge on any atom is -0.455 e. The highest BCUT2D eigenvalue weighted by Crippen LogP contribution is 2.84. The van der Waals surface area contributed by atoms with Gasteiger partial charge in [-0.3, -0.25) is 0 Å². The Kier molecular flexibility index (Phi) is 6.14. The number of carbonyl (C=O) groups excluding carboxylic acids is 2. The molecule has 0 unspecified atom stereocenters. The van der Waals surface area contributed by atoms with Crippen LogP contribution in [0.15, 0.2) is 35.5 Å². The molecule has 0 aromatic rings. The number of nitrogens with zero attached hydrogens (tertiary/aromatic N) is 1. The molecule has 9 nitrogen and oxygen atoms in total. The van der Waals surface area contributed by atoms with Gasteiger partial charge in [0.05, 0.1) is 18.8 Å². The first kappa shape index (κ1) is 28.1. The number of aliphatic hydroxyl groups excluding tert-OH is 3. The number of hydrogen-bond donors (Lipinski definition) is 4. The zero-order valence-corrected chi connectivity index (χ0v) is 24.1. The van der Waals surface area contributed by atoms with E-state index in [-0.39, 0.29) is 36.5 Å². The molecule has 4 N–H and O–H groups in total. The van der Waals surface area contributed by atoms with Gasteiger partial charge in [0, 0.05) is 46.4 Å². The number of rotatable bonds is 5. The quantitative estimate of drug-likeness (QED) is 0.225. The van der Waals surface area contributed by atoms with E-state index in [0.29, 0.717) is 31.4 Å². The van der Waals surface area contributed by atoms with Crippen LogP contribution >= 0.6 is 0 Å². The van der Waals surface area contributed by atoms with Gasteiger partial charge in [-0.25, -0.2) is 9.59 Å². The summed E-state index contributed by atoms with van der Waals surface area (Å²) in [7, 11) is 2.05. The smallest absolute Gasteiger partial charge is 0.333 e. The number of piperidine rings is 1. The van der Waals surface area contributed by atoms with Crippen LogP contribution in [-0.4, -0.2) is 93.5 Å². The van der Waals surface area contributed by atoms with E-state index in [0.717, 1.165) is 5.57 Å². The molecule has 6 fully saturated rings. The third-order valence-electron chi connectivity index (χ3n) is 12.1. The third-order valence-corrected chi connectivity index (χ3v) is 12.1. The fourth-order valence-electron chi connectivity index (χ4n) is 11.2. The Morgan fingerprint density at radius 3 is 2.40 bits per heavy atom. The molecule has 5 aliphatic carbocycles. The lowest BCUT2D eigenvalue weighted by atomic mass is 9.38. The van der Waals surface area contributed by atoms with Gasteiger partial charge in [0.2, 0.25) is 0 Å². The number of allylic oxidation sites excluding steroid dienone is 1. The van der Waals surface area contributed by atoms with Gasteiger partial charge >= 0.3 is 11.9 Å². The summed E-state index contributed by atoms with van der Waals surface area (Å²) in [6.45, 7) is 11.6. The van der Waals surface area contributed by atoms with Gasteiger partial charge in [0.15, 0.2) is 0 Å². The summed E-state index contributed by atoms with van der Waals surface area (Å²) in [5.41, 5.74) is -2.34. The van der Waals surface area contributed by atoms with Crippen molar-refractivity contribution in [1.29, 1.82) is 0 Å². The summed E-state index contributed by atoms with van der Waals surface area (Å²) in [6, 6.07) is -0.242. The molecule has 12 atom stereocenters. The van der Waals surface area contributed by atoms with Crippen LogP contribution in [0.1, 0.15) is 53.4 Å². The first-order chi connectivity index (χ1) is 18.7. The van der Waals surface area contributed by atoms with Gasteiger partial charge in [0.25, 0.3) is 0 Å². The standard InChI is InChI=1S/C31H43NO8/c1-7-15(2)26(36)39-22-20-17(4)10-29-13-19(35)31(38)28(5)11-18(34)12-30(31,25(21(20)29)32(6)14-28)24(29)23(22)40-27(37)16(3)8-9-33/h7-8,18-25,33-35,38H,4,9-14H2,1-3,5-6H3/b15-7+,16-8+/t18-,19-,20-,21+,22+,23+,24+,25+,28-,29-,30-,31-/m0/s1. The Hall–Kier alpha value is -2.04. The van der Waals surface area contributed by atoms with Crippen LogP contribution in [-0.2, 0) is 19.1 Å². The topological polar surface area (TPSA) is 137 Å². The van der Waals surface area contributed by atoms with Crippen LogP contribution in [0.2, 0.25) is 0 Å². The minimum atomic E-state index is -1.54. The van der Waals surface area contributed by atoms with Crippen LogP contribution in [0.5, 0.6) is 0 Å². The van der Waals surface area contributed by atoms with Crippen molar-refractivity contribution in [2.45, 2.75) is 89.4 Å². The van der Waals surface area contributed by atoms with Crippen LogP contribution in [0.25, 0.3) is 0 Å². The van der Waals surface area contributed by atoms with Crippen LogP contribution in [0, 0.1) is 34.0 Å². The summed E-state index contributed by atoms with van der Waals surface area (Å²) in [5, 5.41) is 45.5. The molecule has 0 aromatic carbocycles. The van der Waals surface area contributed by atoms with Crippen LogP contribution in [0.3, 0.4) is 0 Å². The zero-order valence-electron chi connectivity index (χ0n) is 24.1. The molecule has 6 bridgehead atoms. The Morgan fingerprint density at radius 2 is 1.75 bits per heavy atom. The van der Waals surface area contributed by atoms with Gasteiger partial charge in [-0.2, -0.15) is 0 Å². The molecule has 1 heterocycles. The Bertz CT molecular complexity index is 1230. The molecule has 5 saturated carbocycles. The highest BCUT2D eigenvalue weighted by atomic mass is 16.6. The molecule has 220 valence electrons. The highest BCUT2D eigenvalue weighted by Gasteiger charge is 2.90. The second-order valence-corrected chi connectivity index (χ2v) is 13.9. The van der Waals surface area contributed by atoms with Gasteiger partial charge in [-0.15, -0.1) is 0 Å². The van der Waals surface area contributed by atoms with E-state index in [1.54, 1.807) is 26.8 Å². The molecular weight excluding hydrogens is 514 g/mol. The van der Waals surface area contributed by atoms with Gasteiger partial charge < -0.3 is 34.8 Å². The van der Waals surface area contributed by atoms with E-state index in [4.69, 9.17) is 9.47 Å². The molecule has 6 rings (SSSR count). The van der Waals surface area contributed by atoms with Crippen molar-refractivity contribution in [3.05, 3.63) is 35.5 Å². The SMILES string of the molecule is C=C1C[C@@]23C[C@H](O)[C@]4(O)[C@@]5(C)C[C@H](O)C[C@@]46[C@@H]2[C@H](OC(=O)/C(C)=C/CO)[C@H](OC(=O)/C(C)=C/C)[C@@H]1[C@@H]3[C@H]6N(C)C5. The van der Waals surface area contributed by atoms with Crippen LogP contribution in [0.4, 0.5) is 0 Å². The van der Waals surface area contributed by atoms with E-state index in [1.807, 2.05) is 14.0 Å². The summed E-state index contributed by atoms with van der Waals surface area (Å²) < 4.78 is 12.5. The molecule has 0 amide bonds. The number of hydrogen-bond acceptors (Lipinski definition) is 9. The predicted molar refractivity (Wildman–Crippen MR) is 144 cm³/mol. The summed E-state index contributed by atoms with van der Waals surface area (Å²) in [4.78, 5) is 29.0. The Morgan fingerprint density at radius 1 is 1.10 bits per heavy atom. The predicted octanol–water partition coefficient (Wildman–Crippen LogP) is 1.49. The van der Waals surface area contributed by atoms with Crippen molar-refractivity contribution in [2.24, 2.45) is 34.0 Å². The average molecular weight is 558 g/mol. The fraction of sp³-hybridized carbons (Fsp3) is 0.742. The first-order valence-corrected chi connectivity index (χ1v) is 14.5. The number of carbonyl (C=O) groups is 2. The second-order valence-electron chi connectivity index (χ2n) is 13.9. The molecule has 1 saturated heterocycles. The Balaban J connectivity index is 1.60. The molecular formula is C31H43NO8. The lowest BCUT2D eigenvalue weighted by Gasteiger charge is -2.72. The summed E-state index contributed by atoms with van der Waals surface area (Å²) in [5.74, 6) is -2.09. The fourth-order valence-corrected chi connectivity index (χ4v) is 11.2. The van der Waals surface area contributed by atoms with Crippen molar-refractivity contribution in [3.63, 3.8) is 0 Å². The van der Waals surface area contributed by atoms with Crippen molar-refractivity contribution >= 4 is 11.9 Å². The first-order valence-electron chi connectivity index (χ1n) is 14.5. The number of ether oxygens (including phenoxy) is 2. The van der Waals surface area contributed by atoms with Gasteiger partial charge in [-0.1, -0.05) is 25.2 Å². The Labute approximate surface area is 235 Å². The highest BCUT2D eigenvalue weighted by molar-refractivity contribution is 5.89. The third kappa shape index (κ3) is 3.05. The maximum absolute atomic E-state index is 13.4. The molecule has 2 spiro atoms. The van der Waals surface area contributed by atoms with Gasteiger partial charge in [-0.05, 0) is 70.9 Å². The summed E-state index contributed by atoms with van der Waals surface area (Å²) in [6.07, 6.45) is 1.03. The van der Waals surface area contributed by atoms with Crippen molar-refractivity contribution < 1.29 is 39.5 Å². The monoisotopic (exact) mass is 557 g/mol. The maximum atomic E-state index is 13.4. The lowest BCUT2D eigenvalue weighted by Crippen LogP contribution is -2.82. The van der Waals surface area contributed by atoms with E-state index in [1.165, 1.54) is 6.08 Å². The summed E-state index contributed by atoms with van der Waals surface area (Å²) >= 11 is 0. The molecule has 0 aromatic heterocycles. The number of esters is 2. The molecule has 40 heavy (non-hydrogen) atoms. The second kappa shape index (κ2) is 8.74. The molecule has 6 aliphatic rings. The molecule has 9 heteroatoms. The maximum Gasteiger partial charge on any atom is 0.333 e. The zero-order chi connectivity index (χ0) is 29.2. The lowest BCUT2D eigenvalue weighted by molar-refractivity contribution is -0.342. The molecule has 0 radical (unpaired) electrons. The van der Waals surface area contributed by atoms with Crippen molar-refractivity contribution in [1.82, 2.24) is 4.90 Å². The van der Waals surface area contributed by atoms with Gasteiger partial charge in [0.1, 0.15) is 17.8 Å². The molecule has 1 aliphatic heterocycles.